The van der Waals surface area contributed by atoms with Crippen molar-refractivity contribution in [3.8, 4) is 27.9 Å². The first kappa shape index (κ1) is 33.3. The van der Waals surface area contributed by atoms with Crippen LogP contribution in [0.1, 0.15) is 51.3 Å². The maximum absolute atomic E-state index is 6.56. The number of hydrogen-bond donors (Lipinski definition) is 0. The molecule has 3 aromatic heterocycles. The van der Waals surface area contributed by atoms with Crippen LogP contribution in [0.2, 0.25) is 0 Å². The lowest BCUT2D eigenvalue weighted by Gasteiger charge is -2.42. The van der Waals surface area contributed by atoms with Gasteiger partial charge in [-0.2, -0.15) is 0 Å². The fraction of sp³-hybridized carbons (Fsp3) is 0.127. The molecule has 2 aliphatic heterocycles. The Morgan fingerprint density at radius 2 is 1.35 bits per heavy atom. The van der Waals surface area contributed by atoms with Gasteiger partial charge in [0.1, 0.15) is 11.2 Å². The average Bonchev–Trinajstić information content (AvgIpc) is 3.98. The molecule has 60 heavy (non-hydrogen) atoms. The molecule has 0 spiro atoms. The molecule has 3 nitrogen and oxygen atoms in total. The van der Waals surface area contributed by atoms with Crippen molar-refractivity contribution in [2.45, 2.75) is 45.4 Å². The standard InChI is InChI=1S/C55H39BN2OS/c1-54(2,3)30-18-20-31(21-19-30)58-44-28-37-32-12-6-9-15-40(32)55(4,5)41(37)26-38(44)34-22-23-36-50-43(24-25-47-51(50)35-14-7-10-16-46(35)59-47)57-45-29-49-39(33-13-8-11-17-48(33)60-49)27-42(45)56(58)52(34)53(36)57/h6-29H,1-5H3. The summed E-state index contributed by atoms with van der Waals surface area (Å²) in [5, 5.41) is 7.53. The number of hydrogen-bond acceptors (Lipinski definition) is 3. The predicted molar refractivity (Wildman–Crippen MR) is 256 cm³/mol. The van der Waals surface area contributed by atoms with E-state index in [9.17, 15) is 0 Å². The van der Waals surface area contributed by atoms with Gasteiger partial charge in [0, 0.05) is 69.8 Å². The van der Waals surface area contributed by atoms with Gasteiger partial charge in [0.25, 0.3) is 0 Å². The Morgan fingerprint density at radius 1 is 0.567 bits per heavy atom. The van der Waals surface area contributed by atoms with E-state index >= 15 is 0 Å². The first-order valence-corrected chi connectivity index (χ1v) is 22.0. The molecule has 8 aromatic carbocycles. The molecule has 0 bridgehead atoms. The van der Waals surface area contributed by atoms with Gasteiger partial charge in [-0.1, -0.05) is 126 Å². The third-order valence-electron chi connectivity index (χ3n) is 14.3. The van der Waals surface area contributed by atoms with E-state index in [0.717, 1.165) is 16.6 Å². The van der Waals surface area contributed by atoms with Crippen LogP contribution in [0.15, 0.2) is 150 Å². The predicted octanol–water partition coefficient (Wildman–Crippen LogP) is 13.9. The Morgan fingerprint density at radius 3 is 2.20 bits per heavy atom. The Bertz CT molecular complexity index is 3740. The molecule has 0 atom stereocenters. The lowest BCUT2D eigenvalue weighted by atomic mass is 9.44. The molecule has 5 heterocycles. The molecule has 0 N–H and O–H groups in total. The van der Waals surface area contributed by atoms with Crippen molar-refractivity contribution in [2.75, 3.05) is 4.81 Å². The van der Waals surface area contributed by atoms with Crippen LogP contribution in [0, 0.1) is 0 Å². The van der Waals surface area contributed by atoms with Crippen LogP contribution in [0.25, 0.3) is 91.9 Å². The topological polar surface area (TPSA) is 21.3 Å². The highest BCUT2D eigenvalue weighted by atomic mass is 32.1. The minimum Gasteiger partial charge on any atom is -0.456 e. The van der Waals surface area contributed by atoms with Crippen molar-refractivity contribution in [3.05, 3.63) is 162 Å². The molecule has 5 heteroatoms. The van der Waals surface area contributed by atoms with Gasteiger partial charge in [0.2, 0.25) is 0 Å². The average molecular weight is 787 g/mol. The van der Waals surface area contributed by atoms with Crippen LogP contribution in [-0.2, 0) is 10.8 Å². The molecule has 3 aliphatic rings. The summed E-state index contributed by atoms with van der Waals surface area (Å²) in [7, 11) is 0. The van der Waals surface area contributed by atoms with Crippen molar-refractivity contribution in [1.82, 2.24) is 4.57 Å². The lowest BCUT2D eigenvalue weighted by Crippen LogP contribution is -2.60. The second-order valence-corrected chi connectivity index (χ2v) is 19.9. The van der Waals surface area contributed by atoms with Gasteiger partial charge >= 0.3 is 6.85 Å². The maximum Gasteiger partial charge on any atom is 0.333 e. The molecule has 0 fully saturated rings. The molecule has 11 aromatic rings. The number of fused-ring (bicyclic) bond motifs is 18. The summed E-state index contributed by atoms with van der Waals surface area (Å²) in [5.74, 6) is 0. The highest BCUT2D eigenvalue weighted by Crippen LogP contribution is 2.55. The minimum atomic E-state index is -0.126. The Labute approximate surface area is 352 Å². The second-order valence-electron chi connectivity index (χ2n) is 18.8. The molecule has 0 saturated heterocycles. The van der Waals surface area contributed by atoms with E-state index in [1.54, 1.807) is 0 Å². The van der Waals surface area contributed by atoms with Gasteiger partial charge < -0.3 is 13.8 Å². The molecule has 284 valence electrons. The summed E-state index contributed by atoms with van der Waals surface area (Å²) >= 11 is 1.90. The zero-order valence-electron chi connectivity index (χ0n) is 34.1. The van der Waals surface area contributed by atoms with E-state index in [4.69, 9.17) is 4.42 Å². The highest BCUT2D eigenvalue weighted by Gasteiger charge is 2.46. The van der Waals surface area contributed by atoms with E-state index in [0.29, 0.717) is 0 Å². The molecule has 0 radical (unpaired) electrons. The minimum absolute atomic E-state index is 0.0415. The van der Waals surface area contributed by atoms with Crippen molar-refractivity contribution < 1.29 is 4.42 Å². The lowest BCUT2D eigenvalue weighted by molar-refractivity contribution is 0.590. The molecular formula is C55H39BN2OS. The zero-order valence-corrected chi connectivity index (χ0v) is 35.0. The number of thiophene rings is 1. The summed E-state index contributed by atoms with van der Waals surface area (Å²) in [6, 6.07) is 55.5. The quantitative estimate of drug-likeness (QED) is 0.155. The number of furan rings is 1. The normalized spacial score (nSPS) is 14.8. The van der Waals surface area contributed by atoms with Crippen LogP contribution >= 0.6 is 11.3 Å². The van der Waals surface area contributed by atoms with Crippen LogP contribution < -0.4 is 15.7 Å². The van der Waals surface area contributed by atoms with Crippen molar-refractivity contribution in [1.29, 1.82) is 0 Å². The molecule has 1 aliphatic carbocycles. The van der Waals surface area contributed by atoms with Gasteiger partial charge in [0.05, 0.1) is 11.0 Å². The summed E-state index contributed by atoms with van der Waals surface area (Å²) in [5.41, 5.74) is 20.1. The number of nitrogens with zero attached hydrogens (tertiary/aromatic N) is 2. The van der Waals surface area contributed by atoms with E-state index in [1.165, 1.54) is 114 Å². The Balaban J connectivity index is 1.18. The van der Waals surface area contributed by atoms with Gasteiger partial charge in [0.15, 0.2) is 0 Å². The van der Waals surface area contributed by atoms with E-state index < -0.39 is 0 Å². The van der Waals surface area contributed by atoms with E-state index in [-0.39, 0.29) is 17.7 Å². The SMILES string of the molecule is CC(C)(C)c1ccc(N2B3c4cc5c(cc4-n4c6ccc7oc8ccccc8c7c6c6ccc(c3c64)-c3cc4c(cc32)-c2ccccc2C4(C)C)sc2ccccc25)cc1. The van der Waals surface area contributed by atoms with Crippen molar-refractivity contribution in [3.63, 3.8) is 0 Å². The Hall–Kier alpha value is -6.56. The van der Waals surface area contributed by atoms with Gasteiger partial charge in [-0.15, -0.1) is 11.3 Å². The molecule has 14 rings (SSSR count). The zero-order chi connectivity index (χ0) is 40.0. The van der Waals surface area contributed by atoms with Crippen LogP contribution in [0.3, 0.4) is 0 Å². The molecule has 0 unspecified atom stereocenters. The summed E-state index contributed by atoms with van der Waals surface area (Å²) in [6.45, 7) is 11.6. The number of aromatic nitrogens is 1. The largest absolute Gasteiger partial charge is 0.456 e. The summed E-state index contributed by atoms with van der Waals surface area (Å²) < 4.78 is 11.8. The fourth-order valence-corrected chi connectivity index (χ4v) is 12.6. The smallest absolute Gasteiger partial charge is 0.333 e. The highest BCUT2D eigenvalue weighted by molar-refractivity contribution is 7.26. The number of anilines is 2. The van der Waals surface area contributed by atoms with Crippen molar-refractivity contribution in [2.24, 2.45) is 0 Å². The second kappa shape index (κ2) is 11.0. The summed E-state index contributed by atoms with van der Waals surface area (Å²) in [4.78, 5) is 2.70. The van der Waals surface area contributed by atoms with E-state index in [1.807, 2.05) is 11.3 Å². The third kappa shape index (κ3) is 4.02. The van der Waals surface area contributed by atoms with Gasteiger partial charge in [-0.25, -0.2) is 0 Å². The number of para-hydroxylation sites is 1. The first-order chi connectivity index (χ1) is 29.1. The van der Waals surface area contributed by atoms with E-state index in [2.05, 4.69) is 190 Å². The Kier molecular flexibility index (Phi) is 6.09. The summed E-state index contributed by atoms with van der Waals surface area (Å²) in [6.07, 6.45) is 0. The molecular weight excluding hydrogens is 747 g/mol. The fourth-order valence-electron chi connectivity index (χ4n) is 11.5. The maximum atomic E-state index is 6.56. The van der Waals surface area contributed by atoms with Gasteiger partial charge in [-0.05, 0) is 104 Å². The monoisotopic (exact) mass is 786 g/mol. The van der Waals surface area contributed by atoms with Crippen LogP contribution in [0.5, 0.6) is 0 Å². The van der Waals surface area contributed by atoms with Crippen LogP contribution in [-0.4, -0.2) is 11.4 Å². The number of benzene rings is 8. The third-order valence-corrected chi connectivity index (χ3v) is 15.5. The number of rotatable bonds is 1. The van der Waals surface area contributed by atoms with Crippen LogP contribution in [0.4, 0.5) is 11.4 Å². The van der Waals surface area contributed by atoms with Gasteiger partial charge in [-0.3, -0.25) is 0 Å². The molecule has 0 saturated carbocycles. The molecule has 0 amide bonds. The van der Waals surface area contributed by atoms with Crippen molar-refractivity contribution >= 4 is 104 Å². The first-order valence-electron chi connectivity index (χ1n) is 21.2.